The number of hydrogen-bond donors (Lipinski definition) is 1. The normalized spacial score (nSPS) is 27.5. The predicted molar refractivity (Wildman–Crippen MR) is 51.7 cm³/mol. The summed E-state index contributed by atoms with van der Waals surface area (Å²) in [5.74, 6) is 0. The molecule has 0 bridgehead atoms. The number of morpholine rings is 1. The fourth-order valence-electron chi connectivity index (χ4n) is 1.43. The summed E-state index contributed by atoms with van der Waals surface area (Å²) in [5, 5.41) is 0. The van der Waals surface area contributed by atoms with Crippen LogP contribution in [0.5, 0.6) is 0 Å². The third-order valence-electron chi connectivity index (χ3n) is 2.29. The van der Waals surface area contributed by atoms with Crippen LogP contribution in [0.1, 0.15) is 6.92 Å². The Labute approximate surface area is 80.0 Å². The van der Waals surface area contributed by atoms with Gasteiger partial charge in [0.25, 0.3) is 0 Å². The van der Waals surface area contributed by atoms with Crippen molar-refractivity contribution in [1.29, 1.82) is 0 Å². The second kappa shape index (κ2) is 5.54. The molecule has 1 fully saturated rings. The molecule has 0 spiro atoms. The molecular weight excluding hydrogens is 168 g/mol. The van der Waals surface area contributed by atoms with E-state index in [4.69, 9.17) is 15.2 Å². The summed E-state index contributed by atoms with van der Waals surface area (Å²) in [7, 11) is 2.09. The van der Waals surface area contributed by atoms with Gasteiger partial charge in [-0.15, -0.1) is 0 Å². The van der Waals surface area contributed by atoms with Crippen molar-refractivity contribution in [3.63, 3.8) is 0 Å². The highest BCUT2D eigenvalue weighted by Crippen LogP contribution is 2.06. The molecule has 4 nitrogen and oxygen atoms in total. The lowest BCUT2D eigenvalue weighted by Crippen LogP contribution is -2.51. The van der Waals surface area contributed by atoms with E-state index >= 15 is 0 Å². The van der Waals surface area contributed by atoms with Gasteiger partial charge in [0.1, 0.15) is 0 Å². The monoisotopic (exact) mass is 188 g/mol. The van der Waals surface area contributed by atoms with Crippen molar-refractivity contribution in [2.75, 3.05) is 40.0 Å². The fourth-order valence-corrected chi connectivity index (χ4v) is 1.43. The first-order valence-electron chi connectivity index (χ1n) is 4.87. The molecule has 0 saturated carbocycles. The SMILES string of the molecule is CCOCC(N)C1CN(C)CCO1. The van der Waals surface area contributed by atoms with Gasteiger partial charge in [0.05, 0.1) is 25.4 Å². The van der Waals surface area contributed by atoms with Crippen molar-refractivity contribution < 1.29 is 9.47 Å². The maximum atomic E-state index is 5.92. The third kappa shape index (κ3) is 3.60. The van der Waals surface area contributed by atoms with Crippen LogP contribution in [0.25, 0.3) is 0 Å². The van der Waals surface area contributed by atoms with Crippen LogP contribution in [-0.4, -0.2) is 57.0 Å². The Morgan fingerprint density at radius 3 is 3.08 bits per heavy atom. The van der Waals surface area contributed by atoms with Gasteiger partial charge >= 0.3 is 0 Å². The van der Waals surface area contributed by atoms with Gasteiger partial charge < -0.3 is 20.1 Å². The molecule has 1 rings (SSSR count). The van der Waals surface area contributed by atoms with Crippen molar-refractivity contribution in [3.8, 4) is 0 Å². The molecule has 0 aromatic carbocycles. The topological polar surface area (TPSA) is 47.7 Å². The summed E-state index contributed by atoms with van der Waals surface area (Å²) in [5.41, 5.74) is 5.92. The second-order valence-electron chi connectivity index (χ2n) is 3.49. The molecule has 1 aliphatic rings. The summed E-state index contributed by atoms with van der Waals surface area (Å²) < 4.78 is 10.8. The number of ether oxygens (including phenoxy) is 2. The van der Waals surface area contributed by atoms with Gasteiger partial charge in [0.15, 0.2) is 0 Å². The van der Waals surface area contributed by atoms with Crippen LogP contribution in [0.15, 0.2) is 0 Å². The van der Waals surface area contributed by atoms with Crippen molar-refractivity contribution in [1.82, 2.24) is 4.90 Å². The quantitative estimate of drug-likeness (QED) is 0.657. The smallest absolute Gasteiger partial charge is 0.0875 e. The minimum absolute atomic E-state index is 0.00250. The molecule has 1 saturated heterocycles. The summed E-state index contributed by atoms with van der Waals surface area (Å²) >= 11 is 0. The van der Waals surface area contributed by atoms with E-state index in [0.29, 0.717) is 6.61 Å². The molecule has 78 valence electrons. The summed E-state index contributed by atoms with van der Waals surface area (Å²) in [6.45, 7) is 5.97. The first kappa shape index (κ1) is 10.9. The van der Waals surface area contributed by atoms with Crippen LogP contribution in [0.2, 0.25) is 0 Å². The molecule has 1 aliphatic heterocycles. The van der Waals surface area contributed by atoms with Gasteiger partial charge in [-0.25, -0.2) is 0 Å². The lowest BCUT2D eigenvalue weighted by molar-refractivity contribution is -0.0463. The predicted octanol–water partition coefficient (Wildman–Crippen LogP) is -0.319. The third-order valence-corrected chi connectivity index (χ3v) is 2.29. The standard InChI is InChI=1S/C9H20N2O2/c1-3-12-7-8(10)9-6-11(2)4-5-13-9/h8-9H,3-7,10H2,1-2H3. The zero-order chi connectivity index (χ0) is 9.68. The molecule has 0 amide bonds. The zero-order valence-corrected chi connectivity index (χ0v) is 8.53. The lowest BCUT2D eigenvalue weighted by Gasteiger charge is -2.33. The van der Waals surface area contributed by atoms with Gasteiger partial charge in [0, 0.05) is 19.7 Å². The lowest BCUT2D eigenvalue weighted by atomic mass is 10.1. The van der Waals surface area contributed by atoms with Crippen LogP contribution >= 0.6 is 0 Å². The number of hydrogen-bond acceptors (Lipinski definition) is 4. The average molecular weight is 188 g/mol. The molecule has 1 heterocycles. The van der Waals surface area contributed by atoms with Crippen molar-refractivity contribution in [2.24, 2.45) is 5.73 Å². The van der Waals surface area contributed by atoms with Crippen molar-refractivity contribution in [3.05, 3.63) is 0 Å². The molecule has 0 aromatic heterocycles. The van der Waals surface area contributed by atoms with E-state index in [1.54, 1.807) is 0 Å². The maximum absolute atomic E-state index is 5.92. The first-order chi connectivity index (χ1) is 6.24. The zero-order valence-electron chi connectivity index (χ0n) is 8.53. The Balaban J connectivity index is 2.24. The highest BCUT2D eigenvalue weighted by molar-refractivity contribution is 4.79. The molecule has 13 heavy (non-hydrogen) atoms. The average Bonchev–Trinajstić information content (AvgIpc) is 2.14. The number of nitrogens with zero attached hydrogens (tertiary/aromatic N) is 1. The summed E-state index contributed by atoms with van der Waals surface area (Å²) in [6.07, 6.45) is 0.130. The Morgan fingerprint density at radius 2 is 2.46 bits per heavy atom. The van der Waals surface area contributed by atoms with E-state index in [9.17, 15) is 0 Å². The number of likely N-dealkylation sites (N-methyl/N-ethyl adjacent to an activating group) is 1. The molecule has 0 aliphatic carbocycles. The van der Waals surface area contributed by atoms with Crippen LogP contribution in [0.3, 0.4) is 0 Å². The van der Waals surface area contributed by atoms with E-state index in [1.165, 1.54) is 0 Å². The minimum atomic E-state index is 0.00250. The molecule has 4 heteroatoms. The van der Waals surface area contributed by atoms with E-state index in [0.717, 1.165) is 26.3 Å². The number of nitrogens with two attached hydrogens (primary N) is 1. The van der Waals surface area contributed by atoms with Gasteiger partial charge in [-0.2, -0.15) is 0 Å². The summed E-state index contributed by atoms with van der Waals surface area (Å²) in [6, 6.07) is 0.00250. The Bertz CT molecular complexity index is 144. The molecule has 2 atom stereocenters. The fraction of sp³-hybridized carbons (Fsp3) is 1.00. The highest BCUT2D eigenvalue weighted by Gasteiger charge is 2.23. The van der Waals surface area contributed by atoms with Crippen LogP contribution in [0.4, 0.5) is 0 Å². The van der Waals surface area contributed by atoms with Crippen LogP contribution in [-0.2, 0) is 9.47 Å². The van der Waals surface area contributed by atoms with Gasteiger partial charge in [-0.3, -0.25) is 0 Å². The van der Waals surface area contributed by atoms with Crippen molar-refractivity contribution in [2.45, 2.75) is 19.1 Å². The largest absolute Gasteiger partial charge is 0.380 e. The molecule has 2 unspecified atom stereocenters. The van der Waals surface area contributed by atoms with Gasteiger partial charge in [0.2, 0.25) is 0 Å². The van der Waals surface area contributed by atoms with E-state index in [-0.39, 0.29) is 12.1 Å². The minimum Gasteiger partial charge on any atom is -0.380 e. The van der Waals surface area contributed by atoms with Gasteiger partial charge in [-0.05, 0) is 14.0 Å². The Morgan fingerprint density at radius 1 is 1.69 bits per heavy atom. The molecule has 2 N–H and O–H groups in total. The first-order valence-corrected chi connectivity index (χ1v) is 4.87. The second-order valence-corrected chi connectivity index (χ2v) is 3.49. The van der Waals surface area contributed by atoms with E-state index < -0.39 is 0 Å². The van der Waals surface area contributed by atoms with Crippen LogP contribution < -0.4 is 5.73 Å². The molecule has 0 aromatic rings. The summed E-state index contributed by atoms with van der Waals surface area (Å²) in [4.78, 5) is 2.24. The highest BCUT2D eigenvalue weighted by atomic mass is 16.5. The molecule has 0 radical (unpaired) electrons. The van der Waals surface area contributed by atoms with Crippen molar-refractivity contribution >= 4 is 0 Å². The molecular formula is C9H20N2O2. The Hall–Kier alpha value is -0.160. The van der Waals surface area contributed by atoms with E-state index in [2.05, 4.69) is 11.9 Å². The number of rotatable bonds is 4. The van der Waals surface area contributed by atoms with Gasteiger partial charge in [-0.1, -0.05) is 0 Å². The van der Waals surface area contributed by atoms with Crippen LogP contribution in [0, 0.1) is 0 Å². The Kier molecular flexibility index (Phi) is 4.66. The van der Waals surface area contributed by atoms with E-state index in [1.807, 2.05) is 6.92 Å². The maximum Gasteiger partial charge on any atom is 0.0875 e.